The van der Waals surface area contributed by atoms with Crippen LogP contribution in [0.3, 0.4) is 0 Å². The van der Waals surface area contributed by atoms with Crippen molar-refractivity contribution in [2.24, 2.45) is 0 Å². The Labute approximate surface area is 158 Å². The van der Waals surface area contributed by atoms with Crippen LogP contribution in [0.2, 0.25) is 0 Å². The molecule has 138 valence electrons. The second kappa shape index (κ2) is 8.51. The van der Waals surface area contributed by atoms with Crippen LogP contribution in [0.1, 0.15) is 30.1 Å². The summed E-state index contributed by atoms with van der Waals surface area (Å²) in [4.78, 5) is 23.3. The number of thioether (sulfide) groups is 1. The van der Waals surface area contributed by atoms with Crippen molar-refractivity contribution < 1.29 is 9.53 Å². The Hall–Kier alpha value is -2.12. The predicted molar refractivity (Wildman–Crippen MR) is 104 cm³/mol. The zero-order chi connectivity index (χ0) is 18.5. The fraction of sp³-hybridized carbons (Fsp3) is 0.421. The fourth-order valence-electron chi connectivity index (χ4n) is 3.04. The first-order chi connectivity index (χ1) is 12.6. The maximum atomic E-state index is 12.8. The molecule has 1 aromatic carbocycles. The van der Waals surface area contributed by atoms with E-state index in [0.717, 1.165) is 30.7 Å². The quantitative estimate of drug-likeness (QED) is 0.620. The first kappa shape index (κ1) is 18.7. The minimum absolute atomic E-state index is 0.0292. The predicted octanol–water partition coefficient (Wildman–Crippen LogP) is 3.09. The molecule has 0 spiro atoms. The van der Waals surface area contributed by atoms with Crippen molar-refractivity contribution in [2.75, 3.05) is 31.7 Å². The second-order valence-electron chi connectivity index (χ2n) is 6.22. The summed E-state index contributed by atoms with van der Waals surface area (Å²) in [6.07, 6.45) is 4.17. The molecule has 1 atom stereocenters. The molecule has 2 N–H and O–H groups in total. The summed E-state index contributed by atoms with van der Waals surface area (Å²) < 4.78 is 5.66. The Bertz CT molecular complexity index is 761. The number of hydrogen-bond donors (Lipinski definition) is 1. The monoisotopic (exact) mass is 372 g/mol. The van der Waals surface area contributed by atoms with Gasteiger partial charge in [0.05, 0.1) is 11.8 Å². The molecule has 0 aliphatic carbocycles. The molecule has 3 rings (SSSR count). The van der Waals surface area contributed by atoms with Gasteiger partial charge in [0.1, 0.15) is 5.82 Å². The number of hydrogen-bond acceptors (Lipinski definition) is 6. The first-order valence-corrected chi connectivity index (χ1v) is 10.0. The van der Waals surface area contributed by atoms with Gasteiger partial charge >= 0.3 is 0 Å². The molecule has 0 unspecified atom stereocenters. The maximum Gasteiger partial charge on any atom is 0.253 e. The molecule has 1 aliphatic rings. The number of aromatic nitrogens is 2. The SMILES string of the molecule is CCN(C[C@@H]1CCCO1)C(=O)c1ccc(-c2cc(N)nc(SC)n2)cc1. The molecule has 1 fully saturated rings. The molecule has 26 heavy (non-hydrogen) atoms. The van der Waals surface area contributed by atoms with E-state index in [1.54, 1.807) is 6.07 Å². The lowest BCUT2D eigenvalue weighted by molar-refractivity contribution is 0.0539. The fourth-order valence-corrected chi connectivity index (χ4v) is 3.42. The zero-order valence-corrected chi connectivity index (χ0v) is 16.0. The van der Waals surface area contributed by atoms with Gasteiger partial charge < -0.3 is 15.4 Å². The summed E-state index contributed by atoms with van der Waals surface area (Å²) >= 11 is 1.45. The number of carbonyl (C=O) groups excluding carboxylic acids is 1. The zero-order valence-electron chi connectivity index (χ0n) is 15.1. The summed E-state index contributed by atoms with van der Waals surface area (Å²) in [5.41, 5.74) is 8.18. The molecule has 2 aromatic rings. The van der Waals surface area contributed by atoms with E-state index in [0.29, 0.717) is 29.6 Å². The van der Waals surface area contributed by atoms with Gasteiger partial charge in [-0.25, -0.2) is 9.97 Å². The molecule has 7 heteroatoms. The molecule has 1 amide bonds. The molecule has 2 heterocycles. The number of nitrogens with zero attached hydrogens (tertiary/aromatic N) is 3. The number of anilines is 1. The summed E-state index contributed by atoms with van der Waals surface area (Å²) in [5.74, 6) is 0.467. The lowest BCUT2D eigenvalue weighted by Crippen LogP contribution is -2.37. The number of nitrogens with two attached hydrogens (primary N) is 1. The summed E-state index contributed by atoms with van der Waals surface area (Å²) in [6.45, 7) is 4.11. The van der Waals surface area contributed by atoms with E-state index in [-0.39, 0.29) is 12.0 Å². The number of benzene rings is 1. The van der Waals surface area contributed by atoms with Crippen molar-refractivity contribution in [1.82, 2.24) is 14.9 Å². The Morgan fingerprint density at radius 1 is 1.35 bits per heavy atom. The average Bonchev–Trinajstić information content (AvgIpc) is 3.18. The van der Waals surface area contributed by atoms with Crippen molar-refractivity contribution >= 4 is 23.5 Å². The summed E-state index contributed by atoms with van der Waals surface area (Å²) in [6, 6.07) is 9.23. The lowest BCUT2D eigenvalue weighted by Gasteiger charge is -2.24. The van der Waals surface area contributed by atoms with Gasteiger partial charge in [0.25, 0.3) is 5.91 Å². The highest BCUT2D eigenvalue weighted by atomic mass is 32.2. The Balaban J connectivity index is 1.75. The van der Waals surface area contributed by atoms with Gasteiger partial charge in [-0.1, -0.05) is 23.9 Å². The minimum Gasteiger partial charge on any atom is -0.384 e. The Morgan fingerprint density at radius 3 is 2.73 bits per heavy atom. The van der Waals surface area contributed by atoms with Crippen molar-refractivity contribution in [2.45, 2.75) is 31.0 Å². The van der Waals surface area contributed by atoms with Gasteiger partial charge in [0, 0.05) is 36.9 Å². The van der Waals surface area contributed by atoms with Crippen LogP contribution in [0.5, 0.6) is 0 Å². The van der Waals surface area contributed by atoms with Crippen LogP contribution in [0, 0.1) is 0 Å². The molecule has 1 aliphatic heterocycles. The van der Waals surface area contributed by atoms with Crippen LogP contribution in [0.25, 0.3) is 11.3 Å². The highest BCUT2D eigenvalue weighted by molar-refractivity contribution is 7.98. The molecular formula is C19H24N4O2S. The van der Waals surface area contributed by atoms with E-state index >= 15 is 0 Å². The topological polar surface area (TPSA) is 81.3 Å². The van der Waals surface area contributed by atoms with Gasteiger partial charge in [-0.3, -0.25) is 4.79 Å². The highest BCUT2D eigenvalue weighted by Crippen LogP contribution is 2.23. The Morgan fingerprint density at radius 2 is 2.12 bits per heavy atom. The highest BCUT2D eigenvalue weighted by Gasteiger charge is 2.22. The molecule has 0 bridgehead atoms. The summed E-state index contributed by atoms with van der Waals surface area (Å²) in [7, 11) is 0. The van der Waals surface area contributed by atoms with Gasteiger partial charge in [-0.15, -0.1) is 0 Å². The number of carbonyl (C=O) groups is 1. The van der Waals surface area contributed by atoms with E-state index in [1.165, 1.54) is 11.8 Å². The third-order valence-electron chi connectivity index (χ3n) is 4.45. The van der Waals surface area contributed by atoms with Crippen molar-refractivity contribution in [3.63, 3.8) is 0 Å². The van der Waals surface area contributed by atoms with E-state index in [4.69, 9.17) is 10.5 Å². The lowest BCUT2D eigenvalue weighted by atomic mass is 10.1. The number of amides is 1. The maximum absolute atomic E-state index is 12.8. The van der Waals surface area contributed by atoms with Gasteiger partial charge in [0.15, 0.2) is 5.16 Å². The largest absolute Gasteiger partial charge is 0.384 e. The smallest absolute Gasteiger partial charge is 0.253 e. The van der Waals surface area contributed by atoms with Crippen LogP contribution in [0.4, 0.5) is 5.82 Å². The van der Waals surface area contributed by atoms with Crippen molar-refractivity contribution in [1.29, 1.82) is 0 Å². The normalized spacial score (nSPS) is 16.6. The minimum atomic E-state index is 0.0292. The number of ether oxygens (including phenoxy) is 1. The summed E-state index contributed by atoms with van der Waals surface area (Å²) in [5, 5.41) is 0.633. The van der Waals surface area contributed by atoms with Gasteiger partial charge in [-0.05, 0) is 38.2 Å². The third kappa shape index (κ3) is 4.34. The average molecular weight is 372 g/mol. The van der Waals surface area contributed by atoms with Gasteiger partial charge in [-0.2, -0.15) is 0 Å². The molecule has 0 radical (unpaired) electrons. The third-order valence-corrected chi connectivity index (χ3v) is 5.00. The molecule has 1 saturated heterocycles. The molecule has 6 nitrogen and oxygen atoms in total. The number of rotatable bonds is 6. The Kier molecular flexibility index (Phi) is 6.11. The van der Waals surface area contributed by atoms with Crippen LogP contribution in [0.15, 0.2) is 35.5 Å². The number of likely N-dealkylation sites (N-methyl/N-ethyl adjacent to an activating group) is 1. The molecule has 1 aromatic heterocycles. The van der Waals surface area contributed by atoms with Crippen molar-refractivity contribution in [3.05, 3.63) is 35.9 Å². The standard InChI is InChI=1S/C19H24N4O2S/c1-3-23(12-15-5-4-10-25-15)18(24)14-8-6-13(7-9-14)16-11-17(20)22-19(21-16)26-2/h6-9,11,15H,3-5,10,12H2,1-2H3,(H2,20,21,22)/t15-/m0/s1. The van der Waals surface area contributed by atoms with E-state index in [1.807, 2.05) is 42.3 Å². The number of nitrogen functional groups attached to an aromatic ring is 1. The van der Waals surface area contributed by atoms with E-state index in [9.17, 15) is 4.79 Å². The van der Waals surface area contributed by atoms with E-state index < -0.39 is 0 Å². The van der Waals surface area contributed by atoms with Crippen LogP contribution in [-0.2, 0) is 4.74 Å². The van der Waals surface area contributed by atoms with Crippen molar-refractivity contribution in [3.8, 4) is 11.3 Å². The molecule has 0 saturated carbocycles. The van der Waals surface area contributed by atoms with Gasteiger partial charge in [0.2, 0.25) is 0 Å². The molecular weight excluding hydrogens is 348 g/mol. The second-order valence-corrected chi connectivity index (χ2v) is 6.99. The van der Waals surface area contributed by atoms with Crippen LogP contribution in [-0.4, -0.2) is 52.8 Å². The van der Waals surface area contributed by atoms with Crippen LogP contribution >= 0.6 is 11.8 Å². The van der Waals surface area contributed by atoms with Crippen LogP contribution < -0.4 is 5.73 Å². The van der Waals surface area contributed by atoms with E-state index in [2.05, 4.69) is 9.97 Å². The first-order valence-electron chi connectivity index (χ1n) is 8.80.